The van der Waals surface area contributed by atoms with Crippen LogP contribution in [0.2, 0.25) is 0 Å². The van der Waals surface area contributed by atoms with Gasteiger partial charge in [0.05, 0.1) is 23.5 Å². The van der Waals surface area contributed by atoms with Crippen molar-refractivity contribution < 1.29 is 13.6 Å². The monoisotopic (exact) mass is 637 g/mol. The largest absolute Gasteiger partial charge is 0.439 e. The van der Waals surface area contributed by atoms with Gasteiger partial charge >= 0.3 is 0 Å². The van der Waals surface area contributed by atoms with Crippen molar-refractivity contribution in [3.8, 4) is 22.6 Å². The van der Waals surface area contributed by atoms with Crippen LogP contribution in [0.3, 0.4) is 0 Å². The third-order valence-corrected chi connectivity index (χ3v) is 7.96. The van der Waals surface area contributed by atoms with Gasteiger partial charge < -0.3 is 14.6 Å². The van der Waals surface area contributed by atoms with Gasteiger partial charge in [0, 0.05) is 57.4 Å². The summed E-state index contributed by atoms with van der Waals surface area (Å²) < 4.78 is 23.4. The first-order chi connectivity index (χ1) is 20.9. The number of para-hydroxylation sites is 1. The van der Waals surface area contributed by atoms with E-state index >= 15 is 4.39 Å². The van der Waals surface area contributed by atoms with Gasteiger partial charge in [0.1, 0.15) is 18.1 Å². The SMILES string of the molecule is CN1CCc2nc3ccccc3c(C(=O)Nc3ccc(F)c(-c4cn(Cc5ncc(-c6cccc(Br)c6)o5)nn4)c3)c2C1. The van der Waals surface area contributed by atoms with Gasteiger partial charge in [-0.3, -0.25) is 9.78 Å². The molecule has 0 fully saturated rings. The number of likely N-dealkylation sites (N-methyl/N-ethyl adjacent to an activating group) is 1. The van der Waals surface area contributed by atoms with Crippen molar-refractivity contribution in [2.24, 2.45) is 0 Å². The van der Waals surface area contributed by atoms with Crippen molar-refractivity contribution in [1.29, 1.82) is 0 Å². The molecule has 6 aromatic rings. The minimum absolute atomic E-state index is 0.215. The fourth-order valence-electron chi connectivity index (χ4n) is 5.37. The molecule has 0 bridgehead atoms. The van der Waals surface area contributed by atoms with Gasteiger partial charge in [0.15, 0.2) is 5.76 Å². The van der Waals surface area contributed by atoms with E-state index in [1.54, 1.807) is 24.5 Å². The van der Waals surface area contributed by atoms with Crippen LogP contribution in [0.5, 0.6) is 0 Å². The van der Waals surface area contributed by atoms with Crippen LogP contribution in [0.4, 0.5) is 10.1 Å². The Balaban J connectivity index is 1.14. The number of amides is 1. The number of halogens is 2. The normalized spacial score (nSPS) is 13.3. The summed E-state index contributed by atoms with van der Waals surface area (Å²) >= 11 is 3.46. The van der Waals surface area contributed by atoms with Crippen LogP contribution >= 0.6 is 15.9 Å². The summed E-state index contributed by atoms with van der Waals surface area (Å²) in [5.74, 6) is 0.315. The number of rotatable bonds is 6. The fourth-order valence-corrected chi connectivity index (χ4v) is 5.77. The fraction of sp³-hybridized carbons (Fsp3) is 0.156. The summed E-state index contributed by atoms with van der Waals surface area (Å²) in [7, 11) is 2.03. The average molecular weight is 639 g/mol. The molecule has 0 unspecified atom stereocenters. The number of benzene rings is 3. The van der Waals surface area contributed by atoms with E-state index in [-0.39, 0.29) is 18.0 Å². The summed E-state index contributed by atoms with van der Waals surface area (Å²) in [6.07, 6.45) is 4.05. The molecule has 1 aliphatic rings. The zero-order valence-corrected chi connectivity index (χ0v) is 24.7. The van der Waals surface area contributed by atoms with Crippen LogP contribution in [0, 0.1) is 5.82 Å². The minimum atomic E-state index is -0.480. The Morgan fingerprint density at radius 2 is 2.00 bits per heavy atom. The number of aromatic nitrogens is 5. The number of anilines is 1. The Morgan fingerprint density at radius 1 is 1.12 bits per heavy atom. The van der Waals surface area contributed by atoms with Crippen molar-refractivity contribution in [3.05, 3.63) is 112 Å². The van der Waals surface area contributed by atoms with Crippen LogP contribution in [0.1, 0.15) is 27.5 Å². The van der Waals surface area contributed by atoms with Gasteiger partial charge in [-0.25, -0.2) is 14.1 Å². The van der Waals surface area contributed by atoms with Gasteiger partial charge in [-0.1, -0.05) is 51.5 Å². The molecular weight excluding hydrogens is 613 g/mol. The van der Waals surface area contributed by atoms with Crippen LogP contribution in [0.25, 0.3) is 33.5 Å². The summed E-state index contributed by atoms with van der Waals surface area (Å²) in [6, 6.07) is 19.8. The molecule has 4 heterocycles. The second-order valence-corrected chi connectivity index (χ2v) is 11.4. The number of carbonyl (C=O) groups is 1. The lowest BCUT2D eigenvalue weighted by Gasteiger charge is -2.27. The highest BCUT2D eigenvalue weighted by Crippen LogP contribution is 2.30. The first kappa shape index (κ1) is 27.1. The maximum atomic E-state index is 15.0. The zero-order chi connectivity index (χ0) is 29.5. The number of hydrogen-bond acceptors (Lipinski definition) is 7. The van der Waals surface area contributed by atoms with Crippen molar-refractivity contribution in [1.82, 2.24) is 29.9 Å². The van der Waals surface area contributed by atoms with E-state index in [2.05, 4.69) is 41.4 Å². The minimum Gasteiger partial charge on any atom is -0.439 e. The molecule has 0 spiro atoms. The Labute approximate surface area is 254 Å². The van der Waals surface area contributed by atoms with Crippen molar-refractivity contribution >= 4 is 38.4 Å². The molecule has 11 heteroatoms. The second-order valence-electron chi connectivity index (χ2n) is 10.5. The quantitative estimate of drug-likeness (QED) is 0.227. The third-order valence-electron chi connectivity index (χ3n) is 7.46. The van der Waals surface area contributed by atoms with Gasteiger partial charge in [-0.2, -0.15) is 0 Å². The molecule has 3 aromatic heterocycles. The lowest BCUT2D eigenvalue weighted by molar-refractivity contribution is 0.102. The summed E-state index contributed by atoms with van der Waals surface area (Å²) in [6.45, 7) is 1.72. The standard InChI is InChI=1S/C32H25BrFN7O2/c1-40-12-11-27-24(16-40)31(22-7-2-3-8-26(22)37-27)32(42)36-21-9-10-25(34)23(14-21)28-17-41(39-38-28)18-30-35-15-29(43-30)19-5-4-6-20(33)13-19/h2-10,13-15,17H,11-12,16,18H2,1H3,(H,36,42). The molecule has 214 valence electrons. The summed E-state index contributed by atoms with van der Waals surface area (Å²) in [5, 5.41) is 12.1. The maximum absolute atomic E-state index is 15.0. The number of nitrogens with one attached hydrogen (secondary N) is 1. The predicted molar refractivity (Wildman–Crippen MR) is 164 cm³/mol. The molecule has 1 aliphatic heterocycles. The molecule has 7 rings (SSSR count). The van der Waals surface area contributed by atoms with E-state index in [1.165, 1.54) is 10.7 Å². The first-order valence-electron chi connectivity index (χ1n) is 13.7. The van der Waals surface area contributed by atoms with E-state index in [9.17, 15) is 4.79 Å². The van der Waals surface area contributed by atoms with E-state index in [1.807, 2.05) is 55.6 Å². The molecular formula is C32H25BrFN7O2. The maximum Gasteiger partial charge on any atom is 0.256 e. The third kappa shape index (κ3) is 5.44. The Kier molecular flexibility index (Phi) is 7.04. The number of pyridine rings is 1. The highest BCUT2D eigenvalue weighted by Gasteiger charge is 2.25. The van der Waals surface area contributed by atoms with Gasteiger partial charge in [0.25, 0.3) is 5.91 Å². The molecule has 0 atom stereocenters. The number of nitrogens with zero attached hydrogens (tertiary/aromatic N) is 6. The number of fused-ring (bicyclic) bond motifs is 2. The van der Waals surface area contributed by atoms with Gasteiger partial charge in [-0.05, 0) is 43.4 Å². The molecule has 9 nitrogen and oxygen atoms in total. The number of carbonyl (C=O) groups excluding carboxylic acids is 1. The lowest BCUT2D eigenvalue weighted by Crippen LogP contribution is -2.30. The second kappa shape index (κ2) is 11.2. The average Bonchev–Trinajstić information content (AvgIpc) is 3.67. The Hall–Kier alpha value is -4.74. The number of hydrogen-bond donors (Lipinski definition) is 1. The lowest BCUT2D eigenvalue weighted by atomic mass is 9.95. The highest BCUT2D eigenvalue weighted by atomic mass is 79.9. The molecule has 1 amide bonds. The zero-order valence-electron chi connectivity index (χ0n) is 23.1. The van der Waals surface area contributed by atoms with Gasteiger partial charge in [0.2, 0.25) is 5.89 Å². The van der Waals surface area contributed by atoms with E-state index in [0.29, 0.717) is 35.1 Å². The first-order valence-corrected chi connectivity index (χ1v) is 14.5. The van der Waals surface area contributed by atoms with Crippen molar-refractivity contribution in [2.45, 2.75) is 19.5 Å². The highest BCUT2D eigenvalue weighted by molar-refractivity contribution is 9.10. The summed E-state index contributed by atoms with van der Waals surface area (Å²) in [5.41, 5.74) is 5.10. The van der Waals surface area contributed by atoms with E-state index in [4.69, 9.17) is 9.40 Å². The molecule has 3 aromatic carbocycles. The smallest absolute Gasteiger partial charge is 0.256 e. The Morgan fingerprint density at radius 3 is 2.88 bits per heavy atom. The molecule has 0 saturated heterocycles. The number of oxazole rings is 1. The molecule has 0 radical (unpaired) electrons. The van der Waals surface area contributed by atoms with E-state index < -0.39 is 5.82 Å². The van der Waals surface area contributed by atoms with Crippen molar-refractivity contribution in [2.75, 3.05) is 18.9 Å². The molecule has 1 N–H and O–H groups in total. The van der Waals surface area contributed by atoms with Crippen LogP contribution < -0.4 is 5.32 Å². The van der Waals surface area contributed by atoms with Crippen LogP contribution in [0.15, 0.2) is 88.0 Å². The molecule has 43 heavy (non-hydrogen) atoms. The van der Waals surface area contributed by atoms with Crippen LogP contribution in [-0.2, 0) is 19.5 Å². The van der Waals surface area contributed by atoms with Gasteiger partial charge in [-0.15, -0.1) is 5.10 Å². The van der Waals surface area contributed by atoms with Crippen LogP contribution in [-0.4, -0.2) is 49.4 Å². The molecule has 0 saturated carbocycles. The van der Waals surface area contributed by atoms with E-state index in [0.717, 1.165) is 45.2 Å². The predicted octanol–water partition coefficient (Wildman–Crippen LogP) is 6.34. The Bertz CT molecular complexity index is 2000. The van der Waals surface area contributed by atoms with Crippen molar-refractivity contribution in [3.63, 3.8) is 0 Å². The summed E-state index contributed by atoms with van der Waals surface area (Å²) in [4.78, 5) is 25.1. The molecule has 0 aliphatic carbocycles. The topological polar surface area (TPSA) is 102 Å².